The Balaban J connectivity index is 1.60. The minimum absolute atomic E-state index is 0.565. The van der Waals surface area contributed by atoms with Crippen molar-refractivity contribution in [1.82, 2.24) is 14.5 Å². The number of hydrogen-bond acceptors (Lipinski definition) is 2. The molecule has 2 bridgehead atoms. The van der Waals surface area contributed by atoms with Crippen LogP contribution in [0.1, 0.15) is 64.9 Å². The number of hydrogen-bond donors (Lipinski definition) is 0. The topological polar surface area (TPSA) is 21.1 Å². The van der Waals surface area contributed by atoms with Gasteiger partial charge in [0, 0.05) is 59.7 Å². The first-order chi connectivity index (χ1) is 13.6. The molecule has 3 aromatic rings. The van der Waals surface area contributed by atoms with Crippen molar-refractivity contribution >= 4 is 22.7 Å². The first kappa shape index (κ1) is 16.6. The van der Waals surface area contributed by atoms with Crippen LogP contribution in [0.5, 0.6) is 0 Å². The molecule has 4 heterocycles. The lowest BCUT2D eigenvalue weighted by molar-refractivity contribution is 0.222. The van der Waals surface area contributed by atoms with Crippen LogP contribution in [-0.2, 0) is 6.42 Å². The van der Waals surface area contributed by atoms with E-state index in [1.165, 1.54) is 59.0 Å². The molecule has 2 aliphatic heterocycles. The molecule has 2 aromatic heterocycles. The summed E-state index contributed by atoms with van der Waals surface area (Å²) in [5.74, 6) is 0.638. The molecule has 2 unspecified atom stereocenters. The number of pyridine rings is 1. The zero-order chi connectivity index (χ0) is 19.0. The van der Waals surface area contributed by atoms with E-state index in [4.69, 9.17) is 0 Å². The Hall–Kier alpha value is -2.39. The molecule has 1 fully saturated rings. The molecular formula is C25H27N3. The molecular weight excluding hydrogens is 342 g/mol. The first-order valence-electron chi connectivity index (χ1n) is 10.6. The Labute approximate surface area is 166 Å². The molecule has 0 amide bonds. The normalized spacial score (nSPS) is 24.9. The van der Waals surface area contributed by atoms with Crippen LogP contribution in [0.4, 0.5) is 0 Å². The van der Waals surface area contributed by atoms with Crippen LogP contribution in [0.15, 0.2) is 30.5 Å². The van der Waals surface area contributed by atoms with E-state index in [1.807, 2.05) is 0 Å². The van der Waals surface area contributed by atoms with Gasteiger partial charge in [0.05, 0.1) is 5.52 Å². The van der Waals surface area contributed by atoms with Crippen LogP contribution in [0.2, 0.25) is 0 Å². The average molecular weight is 370 g/mol. The molecule has 1 aromatic carbocycles. The van der Waals surface area contributed by atoms with E-state index in [-0.39, 0.29) is 0 Å². The van der Waals surface area contributed by atoms with Crippen molar-refractivity contribution < 1.29 is 0 Å². The Morgan fingerprint density at radius 1 is 1.14 bits per heavy atom. The van der Waals surface area contributed by atoms with Gasteiger partial charge in [0.25, 0.3) is 0 Å². The fourth-order valence-corrected chi connectivity index (χ4v) is 5.83. The van der Waals surface area contributed by atoms with Crippen molar-refractivity contribution in [3.8, 4) is 0 Å². The zero-order valence-corrected chi connectivity index (χ0v) is 17.0. The van der Waals surface area contributed by atoms with Gasteiger partial charge in [-0.3, -0.25) is 9.88 Å². The van der Waals surface area contributed by atoms with Crippen LogP contribution in [0.3, 0.4) is 0 Å². The summed E-state index contributed by atoms with van der Waals surface area (Å²) >= 11 is 0. The number of likely N-dealkylation sites (N-methyl/N-ethyl adjacent to an activating group) is 1. The van der Waals surface area contributed by atoms with Crippen molar-refractivity contribution in [2.75, 3.05) is 13.6 Å². The van der Waals surface area contributed by atoms with E-state index in [0.29, 0.717) is 12.0 Å². The third kappa shape index (κ3) is 2.23. The predicted octanol–water partition coefficient (Wildman–Crippen LogP) is 5.46. The minimum atomic E-state index is 0.565. The van der Waals surface area contributed by atoms with Gasteiger partial charge in [0.15, 0.2) is 0 Å². The molecule has 0 radical (unpaired) electrons. The fraction of sp³-hybridized carbons (Fsp3) is 0.400. The van der Waals surface area contributed by atoms with Gasteiger partial charge in [-0.25, -0.2) is 0 Å². The molecule has 3 nitrogen and oxygen atoms in total. The largest absolute Gasteiger partial charge is 0.319 e. The summed E-state index contributed by atoms with van der Waals surface area (Å²) in [5, 5.41) is 1.47. The lowest BCUT2D eigenvalue weighted by Crippen LogP contribution is -2.33. The van der Waals surface area contributed by atoms with Gasteiger partial charge in [0.1, 0.15) is 0 Å². The summed E-state index contributed by atoms with van der Waals surface area (Å²) in [6, 6.07) is 9.82. The molecule has 4 aliphatic rings. The summed E-state index contributed by atoms with van der Waals surface area (Å²) in [6.45, 7) is 5.49. The average Bonchev–Trinajstić information content (AvgIpc) is 2.77. The highest BCUT2D eigenvalue weighted by Gasteiger charge is 2.38. The van der Waals surface area contributed by atoms with Gasteiger partial charge in [-0.1, -0.05) is 18.1 Å². The third-order valence-corrected chi connectivity index (χ3v) is 7.17. The quantitative estimate of drug-likeness (QED) is 0.568. The van der Waals surface area contributed by atoms with Crippen LogP contribution in [-0.4, -0.2) is 28.0 Å². The summed E-state index contributed by atoms with van der Waals surface area (Å²) < 4.78 is 2.55. The monoisotopic (exact) mass is 369 g/mol. The lowest BCUT2D eigenvalue weighted by atomic mass is 9.84. The number of aromatic nitrogens is 2. The second-order valence-electron chi connectivity index (χ2n) is 9.09. The Morgan fingerprint density at radius 3 is 2.89 bits per heavy atom. The van der Waals surface area contributed by atoms with Crippen molar-refractivity contribution in [1.29, 1.82) is 0 Å². The second kappa shape index (κ2) is 5.81. The van der Waals surface area contributed by atoms with E-state index in [1.54, 1.807) is 11.3 Å². The molecule has 142 valence electrons. The number of benzene rings is 1. The zero-order valence-electron chi connectivity index (χ0n) is 17.0. The van der Waals surface area contributed by atoms with E-state index in [0.717, 1.165) is 12.1 Å². The second-order valence-corrected chi connectivity index (χ2v) is 9.09. The molecule has 28 heavy (non-hydrogen) atoms. The Morgan fingerprint density at radius 2 is 2.04 bits per heavy atom. The van der Waals surface area contributed by atoms with Crippen LogP contribution in [0.25, 0.3) is 22.7 Å². The molecule has 0 N–H and O–H groups in total. The van der Waals surface area contributed by atoms with E-state index in [2.05, 4.69) is 72.0 Å². The highest BCUT2D eigenvalue weighted by Crippen LogP contribution is 2.49. The van der Waals surface area contributed by atoms with Crippen molar-refractivity contribution in [3.05, 3.63) is 64.1 Å². The Bertz CT molecular complexity index is 1150. The molecule has 0 spiro atoms. The third-order valence-electron chi connectivity index (χ3n) is 7.17. The first-order valence-corrected chi connectivity index (χ1v) is 10.6. The van der Waals surface area contributed by atoms with Gasteiger partial charge in [-0.05, 0) is 68.6 Å². The molecule has 3 heteroatoms. The number of nitrogens with zero attached hydrogens (tertiary/aromatic N) is 3. The van der Waals surface area contributed by atoms with E-state index in [9.17, 15) is 0 Å². The molecule has 1 saturated heterocycles. The van der Waals surface area contributed by atoms with Crippen LogP contribution in [0, 0.1) is 13.8 Å². The van der Waals surface area contributed by atoms with Gasteiger partial charge in [-0.2, -0.15) is 0 Å². The van der Waals surface area contributed by atoms with E-state index >= 15 is 0 Å². The van der Waals surface area contributed by atoms with Gasteiger partial charge in [-0.15, -0.1) is 0 Å². The maximum atomic E-state index is 4.54. The maximum Gasteiger partial charge on any atom is 0.0529 e. The number of rotatable bonds is 1. The fourth-order valence-electron chi connectivity index (χ4n) is 5.83. The molecule has 0 saturated carbocycles. The highest BCUT2D eigenvalue weighted by atomic mass is 15.2. The smallest absolute Gasteiger partial charge is 0.0529 e. The Kier molecular flexibility index (Phi) is 3.43. The van der Waals surface area contributed by atoms with Crippen molar-refractivity contribution in [2.24, 2.45) is 0 Å². The summed E-state index contributed by atoms with van der Waals surface area (Å²) in [7, 11) is 2.32. The van der Waals surface area contributed by atoms with Gasteiger partial charge >= 0.3 is 0 Å². The van der Waals surface area contributed by atoms with E-state index < -0.39 is 0 Å². The standard InChI is InChI=1S/C25H27N3/c1-15-7-8-22-20(9-15)24-23-6-4-5-17(13-27(23)3)25(24)28(22)14-19-11-18-10-16(2)26-12-21(18)19/h7-10,12,14,17,23H,4-6,11,13H2,1-3H3. The molecule has 2 atom stereocenters. The van der Waals surface area contributed by atoms with Crippen LogP contribution < -0.4 is 0 Å². The van der Waals surface area contributed by atoms with Crippen molar-refractivity contribution in [3.63, 3.8) is 0 Å². The predicted molar refractivity (Wildman–Crippen MR) is 115 cm³/mol. The highest BCUT2D eigenvalue weighted by molar-refractivity contribution is 5.93. The summed E-state index contributed by atoms with van der Waals surface area (Å²) in [5.41, 5.74) is 11.3. The van der Waals surface area contributed by atoms with Crippen LogP contribution >= 0.6 is 0 Å². The van der Waals surface area contributed by atoms with Gasteiger partial charge in [0.2, 0.25) is 0 Å². The van der Waals surface area contributed by atoms with Gasteiger partial charge < -0.3 is 4.57 Å². The SMILES string of the molecule is Cc1ccc2c(c1)c1c(n2C=C2Cc3cc(C)ncc32)C2CCCC1N(C)C2. The molecule has 7 rings (SSSR count). The maximum absolute atomic E-state index is 4.54. The molecule has 2 aliphatic carbocycles. The minimum Gasteiger partial charge on any atom is -0.319 e. The number of allylic oxidation sites excluding steroid dienone is 1. The van der Waals surface area contributed by atoms with Crippen molar-refractivity contribution in [2.45, 2.75) is 51.5 Å². The lowest BCUT2D eigenvalue weighted by Gasteiger charge is -2.35. The summed E-state index contributed by atoms with van der Waals surface area (Å²) in [4.78, 5) is 7.14. The number of fused-ring (bicyclic) bond motifs is 5. The summed E-state index contributed by atoms with van der Waals surface area (Å²) in [6.07, 6.45) is 9.49. The number of aryl methyl sites for hydroxylation is 2.